The zero-order chi connectivity index (χ0) is 8.53. The van der Waals surface area contributed by atoms with Crippen LogP contribution in [-0.2, 0) is 0 Å². The molecule has 0 aliphatic rings. The van der Waals surface area contributed by atoms with Gasteiger partial charge in [-0.2, -0.15) is 6.58 Å². The third kappa shape index (κ3) is 15.3. The van der Waals surface area contributed by atoms with E-state index < -0.39 is 0 Å². The summed E-state index contributed by atoms with van der Waals surface area (Å²) in [5.41, 5.74) is 0.932. The van der Waals surface area contributed by atoms with Crippen LogP contribution in [0.15, 0.2) is 18.2 Å². The number of halogens is 1. The van der Waals surface area contributed by atoms with E-state index in [4.69, 9.17) is 6.58 Å². The summed E-state index contributed by atoms with van der Waals surface area (Å²) < 4.78 is 0. The Bertz CT molecular complexity index is 121. The molecule has 0 spiro atoms. The van der Waals surface area contributed by atoms with Gasteiger partial charge in [0.05, 0.1) is 0 Å². The van der Waals surface area contributed by atoms with E-state index in [-0.39, 0.29) is 35.5 Å². The van der Waals surface area contributed by atoms with Crippen molar-refractivity contribution in [1.82, 2.24) is 0 Å². The first-order valence-electron chi connectivity index (χ1n) is 4.55. The fourth-order valence-corrected chi connectivity index (χ4v) is 1.03. The van der Waals surface area contributed by atoms with Crippen molar-refractivity contribution in [3.8, 4) is 0 Å². The second-order valence-electron chi connectivity index (χ2n) is 2.94. The van der Waals surface area contributed by atoms with E-state index in [1.54, 1.807) is 6.08 Å². The molecular formula is C11H19ClMg. The summed E-state index contributed by atoms with van der Waals surface area (Å²) in [4.78, 5) is 0. The molecule has 0 aliphatic carbocycles. The summed E-state index contributed by atoms with van der Waals surface area (Å²) in [7, 11) is 0. The quantitative estimate of drug-likeness (QED) is 0.249. The average molecular weight is 211 g/mol. The number of hydrogen-bond donors (Lipinski definition) is 0. The Kier molecular flexibility index (Phi) is 22.2. The third-order valence-electron chi connectivity index (χ3n) is 1.83. The van der Waals surface area contributed by atoms with Crippen LogP contribution in [0.25, 0.3) is 0 Å². The van der Waals surface area contributed by atoms with Crippen molar-refractivity contribution in [1.29, 1.82) is 0 Å². The Balaban J connectivity index is -0.000000500. The van der Waals surface area contributed by atoms with Gasteiger partial charge in [-0.3, -0.25) is 6.58 Å². The summed E-state index contributed by atoms with van der Waals surface area (Å²) in [6, 6.07) is 0. The first kappa shape index (κ1) is 19.2. The van der Waals surface area contributed by atoms with Gasteiger partial charge in [0, 0.05) is 0 Å². The van der Waals surface area contributed by atoms with E-state index in [1.165, 1.54) is 32.1 Å². The molecule has 0 atom stereocenters. The molecule has 13 heavy (non-hydrogen) atoms. The third-order valence-corrected chi connectivity index (χ3v) is 1.83. The predicted molar refractivity (Wildman–Crippen MR) is 57.1 cm³/mol. The van der Waals surface area contributed by atoms with Crippen LogP contribution in [0.1, 0.15) is 45.4 Å². The molecule has 0 aromatic rings. The van der Waals surface area contributed by atoms with Gasteiger partial charge in [0.25, 0.3) is 0 Å². The molecule has 0 saturated heterocycles. The van der Waals surface area contributed by atoms with E-state index in [9.17, 15) is 0 Å². The first-order chi connectivity index (χ1) is 5.31. The Labute approximate surface area is 105 Å². The topological polar surface area (TPSA) is 0 Å². The smallest absolute Gasteiger partial charge is 1.00 e. The molecule has 0 rings (SSSR count). The molecule has 0 nitrogen and oxygen atoms in total. The minimum absolute atomic E-state index is 0. The second kappa shape index (κ2) is 15.0. The van der Waals surface area contributed by atoms with Crippen molar-refractivity contribution < 1.29 is 12.4 Å². The van der Waals surface area contributed by atoms with Gasteiger partial charge in [0.2, 0.25) is 0 Å². The largest absolute Gasteiger partial charge is 2.00 e. The second-order valence-corrected chi connectivity index (χ2v) is 2.94. The number of hydrogen-bond acceptors (Lipinski definition) is 0. The van der Waals surface area contributed by atoms with Gasteiger partial charge < -0.3 is 12.4 Å². The van der Waals surface area contributed by atoms with E-state index in [2.05, 4.69) is 13.5 Å². The molecule has 0 aromatic heterocycles. The average Bonchev–Trinajstić information content (AvgIpc) is 2.04. The molecule has 72 valence electrons. The molecule has 0 radical (unpaired) electrons. The van der Waals surface area contributed by atoms with E-state index >= 15 is 0 Å². The van der Waals surface area contributed by atoms with Gasteiger partial charge in [0.1, 0.15) is 0 Å². The van der Waals surface area contributed by atoms with Crippen LogP contribution >= 0.6 is 0 Å². The number of unbranched alkanes of at least 4 members (excludes halogenated alkanes) is 4. The van der Waals surface area contributed by atoms with E-state index in [0.29, 0.717) is 0 Å². The summed E-state index contributed by atoms with van der Waals surface area (Å²) in [5, 5.41) is 0. The fourth-order valence-electron chi connectivity index (χ4n) is 1.03. The molecule has 0 saturated carbocycles. The zero-order valence-corrected chi connectivity index (χ0v) is 10.9. The van der Waals surface area contributed by atoms with E-state index in [1.807, 2.05) is 0 Å². The molecule has 0 N–H and O–H groups in total. The van der Waals surface area contributed by atoms with Crippen molar-refractivity contribution in [2.75, 3.05) is 0 Å². The van der Waals surface area contributed by atoms with Crippen LogP contribution in [0.3, 0.4) is 0 Å². The Morgan fingerprint density at radius 3 is 2.23 bits per heavy atom. The molecule has 0 amide bonds. The molecule has 0 unspecified atom stereocenters. The Morgan fingerprint density at radius 1 is 1.23 bits per heavy atom. The van der Waals surface area contributed by atoms with Crippen molar-refractivity contribution in [3.05, 3.63) is 24.8 Å². The molecular weight excluding hydrogens is 192 g/mol. The minimum atomic E-state index is 0. The zero-order valence-electron chi connectivity index (χ0n) is 8.69. The normalized spacial score (nSPS) is 8.08. The molecule has 0 heterocycles. The van der Waals surface area contributed by atoms with Gasteiger partial charge in [-0.05, 0) is 0 Å². The molecule has 0 fully saturated rings. The van der Waals surface area contributed by atoms with Crippen LogP contribution < -0.4 is 12.4 Å². The van der Waals surface area contributed by atoms with Gasteiger partial charge in [0.15, 0.2) is 0 Å². The van der Waals surface area contributed by atoms with Gasteiger partial charge in [-0.25, -0.2) is 11.6 Å². The van der Waals surface area contributed by atoms with Gasteiger partial charge >= 0.3 is 23.1 Å². The van der Waals surface area contributed by atoms with Crippen LogP contribution in [0.2, 0.25) is 0 Å². The summed E-state index contributed by atoms with van der Waals surface area (Å²) in [6.45, 7) is 11.4. The Morgan fingerprint density at radius 2 is 1.77 bits per heavy atom. The maximum absolute atomic E-state index is 5.59. The monoisotopic (exact) mass is 210 g/mol. The van der Waals surface area contributed by atoms with Crippen LogP contribution in [0.5, 0.6) is 0 Å². The van der Waals surface area contributed by atoms with Crippen molar-refractivity contribution in [3.63, 3.8) is 0 Å². The number of allylic oxidation sites excluding steroid dienone is 2. The minimum Gasteiger partial charge on any atom is -1.00 e. The maximum atomic E-state index is 5.59. The Hall–Kier alpha value is 0.536. The van der Waals surface area contributed by atoms with Crippen molar-refractivity contribution in [2.24, 2.45) is 0 Å². The molecule has 0 bridgehead atoms. The van der Waals surface area contributed by atoms with Gasteiger partial charge in [-0.1, -0.05) is 45.4 Å². The van der Waals surface area contributed by atoms with Crippen molar-refractivity contribution >= 4 is 23.1 Å². The SMILES string of the molecule is [CH-]=C(C=C)CCCCCCC.[Cl-].[Mg+2]. The maximum Gasteiger partial charge on any atom is 2.00 e. The van der Waals surface area contributed by atoms with Gasteiger partial charge in [-0.15, -0.1) is 0 Å². The molecule has 2 heteroatoms. The summed E-state index contributed by atoms with van der Waals surface area (Å²) in [6.07, 6.45) is 9.31. The van der Waals surface area contributed by atoms with E-state index in [0.717, 1.165) is 12.0 Å². The first-order valence-corrected chi connectivity index (χ1v) is 4.55. The van der Waals surface area contributed by atoms with Crippen LogP contribution in [0.4, 0.5) is 0 Å². The predicted octanol–water partition coefficient (Wildman–Crippen LogP) is 0.515. The molecule has 0 aliphatic heterocycles. The van der Waals surface area contributed by atoms with Crippen molar-refractivity contribution in [2.45, 2.75) is 45.4 Å². The summed E-state index contributed by atoms with van der Waals surface area (Å²) >= 11 is 0. The standard InChI is InChI=1S/C11H19.ClH.Mg/c1-4-6-7-8-9-10-11(3)5-2;;/h3,5H,2,4,6-10H2,1H3;1H;/q-1;;+2/p-1. The van der Waals surface area contributed by atoms with Crippen LogP contribution in [-0.4, -0.2) is 23.1 Å². The van der Waals surface area contributed by atoms with Crippen LogP contribution in [0, 0.1) is 6.58 Å². The molecule has 0 aromatic carbocycles. The number of rotatable bonds is 7. The summed E-state index contributed by atoms with van der Waals surface area (Å²) in [5.74, 6) is 0. The fraction of sp³-hybridized carbons (Fsp3) is 0.636.